The zero-order chi connectivity index (χ0) is 14.8. The molecule has 1 N–H and O–H groups in total. The molecule has 0 fully saturated rings. The molecule has 0 saturated carbocycles. The Morgan fingerprint density at radius 2 is 2.33 bits per heavy atom. The Balaban J connectivity index is 2.13. The first kappa shape index (κ1) is 13.0. The number of H-pyrrole nitrogens is 1. The van der Waals surface area contributed by atoms with Gasteiger partial charge in [-0.25, -0.2) is 0 Å². The molecule has 21 heavy (non-hydrogen) atoms. The van der Waals surface area contributed by atoms with E-state index in [1.807, 2.05) is 43.7 Å². The number of hydrogen-bond acceptors (Lipinski definition) is 3. The molecule has 5 nitrogen and oxygen atoms in total. The van der Waals surface area contributed by atoms with Crippen LogP contribution in [0.3, 0.4) is 0 Å². The van der Waals surface area contributed by atoms with Crippen molar-refractivity contribution in [3.8, 4) is 11.8 Å². The highest BCUT2D eigenvalue weighted by Gasteiger charge is 2.10. The van der Waals surface area contributed by atoms with Crippen LogP contribution in [0, 0.1) is 11.3 Å². The number of hydrogen-bond donors (Lipinski definition) is 1. The number of allylic oxidation sites excluding steroid dienone is 1. The summed E-state index contributed by atoms with van der Waals surface area (Å²) in [6, 6.07) is 8.01. The minimum Gasteiger partial charge on any atom is -0.497 e. The largest absolute Gasteiger partial charge is 0.497 e. The van der Waals surface area contributed by atoms with Crippen LogP contribution in [-0.2, 0) is 7.05 Å². The molecule has 5 heteroatoms. The van der Waals surface area contributed by atoms with E-state index >= 15 is 0 Å². The monoisotopic (exact) mass is 278 g/mol. The van der Waals surface area contributed by atoms with Gasteiger partial charge in [0.2, 0.25) is 0 Å². The van der Waals surface area contributed by atoms with E-state index in [-0.39, 0.29) is 0 Å². The lowest BCUT2D eigenvalue weighted by Crippen LogP contribution is -1.84. The molecule has 0 aliphatic heterocycles. The molecule has 0 spiro atoms. The summed E-state index contributed by atoms with van der Waals surface area (Å²) in [5, 5.41) is 14.5. The molecule has 104 valence electrons. The van der Waals surface area contributed by atoms with Gasteiger partial charge in [-0.15, -0.1) is 0 Å². The maximum Gasteiger partial charge on any atom is 0.119 e. The molecule has 1 aromatic carbocycles. The zero-order valence-electron chi connectivity index (χ0n) is 11.8. The highest BCUT2D eigenvalue weighted by atomic mass is 16.5. The predicted octanol–water partition coefficient (Wildman–Crippen LogP) is 2.97. The molecule has 0 radical (unpaired) electrons. The fourth-order valence-corrected chi connectivity index (χ4v) is 2.30. The number of aromatic nitrogens is 3. The van der Waals surface area contributed by atoms with Crippen LogP contribution in [0.1, 0.15) is 11.1 Å². The number of fused-ring (bicyclic) bond motifs is 1. The van der Waals surface area contributed by atoms with E-state index in [1.165, 1.54) is 0 Å². The number of benzene rings is 1. The number of aryl methyl sites for hydroxylation is 1. The van der Waals surface area contributed by atoms with Gasteiger partial charge in [0.15, 0.2) is 0 Å². The number of nitrogens with zero attached hydrogens (tertiary/aromatic N) is 3. The third kappa shape index (κ3) is 2.39. The molecule has 3 aromatic rings. The van der Waals surface area contributed by atoms with Crippen LogP contribution < -0.4 is 4.74 Å². The molecule has 0 aliphatic rings. The minimum absolute atomic E-state index is 0.586. The normalized spacial score (nSPS) is 11.6. The molecule has 3 rings (SSSR count). The van der Waals surface area contributed by atoms with Gasteiger partial charge in [0, 0.05) is 41.5 Å². The molecule has 0 saturated heterocycles. The van der Waals surface area contributed by atoms with Gasteiger partial charge in [0.05, 0.1) is 24.9 Å². The molecule has 0 amide bonds. The summed E-state index contributed by atoms with van der Waals surface area (Å²) in [6.45, 7) is 0. The van der Waals surface area contributed by atoms with Gasteiger partial charge in [-0.3, -0.25) is 4.68 Å². The molecule has 0 atom stereocenters. The number of aromatic amines is 1. The second kappa shape index (κ2) is 5.17. The van der Waals surface area contributed by atoms with Crippen LogP contribution in [0.5, 0.6) is 5.75 Å². The Morgan fingerprint density at radius 3 is 3.00 bits per heavy atom. The first-order chi connectivity index (χ1) is 10.2. The fourth-order valence-electron chi connectivity index (χ4n) is 2.30. The van der Waals surface area contributed by atoms with Gasteiger partial charge < -0.3 is 9.72 Å². The summed E-state index contributed by atoms with van der Waals surface area (Å²) in [5.41, 5.74) is 3.31. The second-order valence-electron chi connectivity index (χ2n) is 4.73. The highest BCUT2D eigenvalue weighted by molar-refractivity contribution is 6.01. The highest BCUT2D eigenvalue weighted by Crippen LogP contribution is 2.29. The van der Waals surface area contributed by atoms with Gasteiger partial charge >= 0.3 is 0 Å². The fraction of sp³-hybridized carbons (Fsp3) is 0.125. The lowest BCUT2D eigenvalue weighted by molar-refractivity contribution is 0.415. The van der Waals surface area contributed by atoms with E-state index in [0.29, 0.717) is 5.57 Å². The van der Waals surface area contributed by atoms with Crippen molar-refractivity contribution in [1.82, 2.24) is 14.8 Å². The van der Waals surface area contributed by atoms with Crippen LogP contribution in [0.25, 0.3) is 22.6 Å². The maximum atomic E-state index is 9.46. The van der Waals surface area contributed by atoms with Crippen molar-refractivity contribution in [3.63, 3.8) is 0 Å². The van der Waals surface area contributed by atoms with Crippen molar-refractivity contribution in [1.29, 1.82) is 5.26 Å². The van der Waals surface area contributed by atoms with Crippen LogP contribution in [0.4, 0.5) is 0 Å². The summed E-state index contributed by atoms with van der Waals surface area (Å²) in [4.78, 5) is 3.18. The van der Waals surface area contributed by atoms with Gasteiger partial charge in [0.1, 0.15) is 5.75 Å². The number of methoxy groups -OCH3 is 1. The lowest BCUT2D eigenvalue weighted by atomic mass is 10.0. The summed E-state index contributed by atoms with van der Waals surface area (Å²) >= 11 is 0. The average molecular weight is 278 g/mol. The molecule has 0 unspecified atom stereocenters. The minimum atomic E-state index is 0.586. The number of rotatable bonds is 3. The van der Waals surface area contributed by atoms with Crippen molar-refractivity contribution >= 4 is 22.6 Å². The number of nitrogens with one attached hydrogen (secondary N) is 1. The van der Waals surface area contributed by atoms with E-state index in [0.717, 1.165) is 27.8 Å². The quantitative estimate of drug-likeness (QED) is 0.749. The molecule has 2 aromatic heterocycles. The van der Waals surface area contributed by atoms with Gasteiger partial charge in [0.25, 0.3) is 0 Å². The van der Waals surface area contributed by atoms with E-state index in [4.69, 9.17) is 4.74 Å². The van der Waals surface area contributed by atoms with E-state index < -0.39 is 0 Å². The average Bonchev–Trinajstić information content (AvgIpc) is 3.10. The Kier molecular flexibility index (Phi) is 3.20. The maximum absolute atomic E-state index is 9.46. The SMILES string of the molecule is COc1ccc2[nH]cc(/C(C#N)=C/c3cnn(C)c3)c2c1. The van der Waals surface area contributed by atoms with Gasteiger partial charge in [-0.1, -0.05) is 0 Å². The Bertz CT molecular complexity index is 864. The third-order valence-electron chi connectivity index (χ3n) is 3.34. The van der Waals surface area contributed by atoms with Crippen molar-refractivity contribution in [2.45, 2.75) is 0 Å². The smallest absolute Gasteiger partial charge is 0.119 e. The van der Waals surface area contributed by atoms with Crippen LogP contribution in [0.15, 0.2) is 36.8 Å². The summed E-state index contributed by atoms with van der Waals surface area (Å²) in [6.07, 6.45) is 7.27. The molecule has 0 aliphatic carbocycles. The van der Waals surface area contributed by atoms with Crippen LogP contribution in [0.2, 0.25) is 0 Å². The summed E-state index contributed by atoms with van der Waals surface area (Å²) in [7, 11) is 3.48. The van der Waals surface area contributed by atoms with E-state index in [2.05, 4.69) is 16.2 Å². The Labute approximate surface area is 122 Å². The second-order valence-corrected chi connectivity index (χ2v) is 4.73. The van der Waals surface area contributed by atoms with Crippen molar-refractivity contribution in [3.05, 3.63) is 47.9 Å². The number of nitriles is 1. The lowest BCUT2D eigenvalue weighted by Gasteiger charge is -2.01. The molecular formula is C16H14N4O. The summed E-state index contributed by atoms with van der Waals surface area (Å²) in [5.74, 6) is 0.766. The van der Waals surface area contributed by atoms with Gasteiger partial charge in [-0.05, 0) is 24.3 Å². The Morgan fingerprint density at radius 1 is 1.48 bits per heavy atom. The van der Waals surface area contributed by atoms with Gasteiger partial charge in [-0.2, -0.15) is 10.4 Å². The first-order valence-electron chi connectivity index (χ1n) is 6.47. The zero-order valence-corrected chi connectivity index (χ0v) is 11.8. The van der Waals surface area contributed by atoms with E-state index in [1.54, 1.807) is 18.0 Å². The predicted molar refractivity (Wildman–Crippen MR) is 81.5 cm³/mol. The summed E-state index contributed by atoms with van der Waals surface area (Å²) < 4.78 is 6.96. The molecule has 2 heterocycles. The molecule has 0 bridgehead atoms. The van der Waals surface area contributed by atoms with Crippen molar-refractivity contribution < 1.29 is 4.74 Å². The van der Waals surface area contributed by atoms with E-state index in [9.17, 15) is 5.26 Å². The Hall–Kier alpha value is -3.00. The van der Waals surface area contributed by atoms with Crippen LogP contribution >= 0.6 is 0 Å². The topological polar surface area (TPSA) is 66.6 Å². The molecular weight excluding hydrogens is 264 g/mol. The standard InChI is InChI=1S/C16H14N4O/c1-20-10-11(8-19-20)5-12(7-17)15-9-18-16-4-3-13(21-2)6-14(15)16/h3-6,8-10,18H,1-2H3/b12-5+. The van der Waals surface area contributed by atoms with Crippen molar-refractivity contribution in [2.75, 3.05) is 7.11 Å². The van der Waals surface area contributed by atoms with Crippen molar-refractivity contribution in [2.24, 2.45) is 7.05 Å². The third-order valence-corrected chi connectivity index (χ3v) is 3.34. The van der Waals surface area contributed by atoms with Crippen LogP contribution in [-0.4, -0.2) is 21.9 Å². The number of ether oxygens (including phenoxy) is 1. The first-order valence-corrected chi connectivity index (χ1v) is 6.47.